The topological polar surface area (TPSA) is 284 Å². The molecule has 0 radical (unpaired) electrons. The molecular formula is C22H38N8O9S2. The summed E-state index contributed by atoms with van der Waals surface area (Å²) < 4.78 is -1.03. The number of rotatable bonds is 18. The van der Waals surface area contributed by atoms with Crippen molar-refractivity contribution in [3.63, 3.8) is 0 Å². The van der Waals surface area contributed by atoms with Gasteiger partial charge in [-0.15, -0.1) is 0 Å². The van der Waals surface area contributed by atoms with Crippen molar-refractivity contribution in [3.05, 3.63) is 0 Å². The average Bonchev–Trinajstić information content (AvgIpc) is 2.83. The maximum absolute atomic E-state index is 13.0. The number of aliphatic imine (C=N–C) groups is 1. The van der Waals surface area contributed by atoms with Crippen LogP contribution in [0.4, 0.5) is 0 Å². The number of guanidine groups is 1. The standard InChI is InChI=1S/C22H38N8O9S2/c1-10(31)27-16(22(2,3)41)19(37)29-11(5-4-6-25-21(23)24)17(35)26-8-14(32)28-12(7-15(33)34)18(36)30-13(9-40)20(38)39/h11-13,16,40-41H,4-9H2,1-3H3,(H,26,35)(H,27,31)(H,28,32)(H,29,37)(H,30,36)(H,33,34)(H,38,39)(H4,23,24,25)/t11-,12-,13-,16+/m0/s1. The number of carboxylic acid groups (broad SMARTS) is 2. The molecule has 0 saturated heterocycles. The molecule has 0 aliphatic heterocycles. The molecule has 0 fully saturated rings. The van der Waals surface area contributed by atoms with Crippen LogP contribution in [0.2, 0.25) is 0 Å². The van der Waals surface area contributed by atoms with Crippen molar-refractivity contribution >= 4 is 72.7 Å². The smallest absolute Gasteiger partial charge is 0.327 e. The Balaban J connectivity index is 5.56. The van der Waals surface area contributed by atoms with Gasteiger partial charge in [-0.1, -0.05) is 0 Å². The van der Waals surface area contributed by atoms with Crippen LogP contribution in [0.3, 0.4) is 0 Å². The minimum atomic E-state index is -1.66. The van der Waals surface area contributed by atoms with Crippen LogP contribution in [-0.4, -0.2) is 105 Å². The van der Waals surface area contributed by atoms with Crippen molar-refractivity contribution in [3.8, 4) is 0 Å². The van der Waals surface area contributed by atoms with Gasteiger partial charge in [0.15, 0.2) is 5.96 Å². The van der Waals surface area contributed by atoms with E-state index in [-0.39, 0.29) is 31.1 Å². The fourth-order valence-electron chi connectivity index (χ4n) is 3.17. The summed E-state index contributed by atoms with van der Waals surface area (Å²) in [7, 11) is 0. The molecule has 232 valence electrons. The molecule has 19 heteroatoms. The molecule has 0 rings (SSSR count). The summed E-state index contributed by atoms with van der Waals surface area (Å²) in [5, 5.41) is 29.6. The second kappa shape index (κ2) is 17.8. The molecule has 0 aromatic rings. The molecule has 0 saturated carbocycles. The second-order valence-electron chi connectivity index (χ2n) is 9.31. The lowest BCUT2D eigenvalue weighted by Crippen LogP contribution is -2.59. The maximum atomic E-state index is 13.0. The molecule has 11 N–H and O–H groups in total. The molecular weight excluding hydrogens is 584 g/mol. The van der Waals surface area contributed by atoms with E-state index in [1.165, 1.54) is 6.92 Å². The molecule has 0 aromatic heterocycles. The van der Waals surface area contributed by atoms with Crippen molar-refractivity contribution in [2.75, 3.05) is 18.8 Å². The number of aliphatic carboxylic acids is 2. The van der Waals surface area contributed by atoms with E-state index in [0.29, 0.717) is 0 Å². The fraction of sp³-hybridized carbons (Fsp3) is 0.636. The molecule has 41 heavy (non-hydrogen) atoms. The highest BCUT2D eigenvalue weighted by molar-refractivity contribution is 7.81. The van der Waals surface area contributed by atoms with Gasteiger partial charge in [-0.2, -0.15) is 25.3 Å². The van der Waals surface area contributed by atoms with E-state index in [2.05, 4.69) is 56.8 Å². The zero-order valence-electron chi connectivity index (χ0n) is 22.8. The summed E-state index contributed by atoms with van der Waals surface area (Å²) in [6, 6.07) is -5.46. The Morgan fingerprint density at radius 3 is 1.93 bits per heavy atom. The number of amides is 5. The quantitative estimate of drug-likeness (QED) is 0.0306. The average molecular weight is 623 g/mol. The Bertz CT molecular complexity index is 1020. The van der Waals surface area contributed by atoms with E-state index < -0.39 is 83.4 Å². The van der Waals surface area contributed by atoms with Gasteiger partial charge in [0, 0.05) is 24.0 Å². The van der Waals surface area contributed by atoms with Crippen LogP contribution in [0.5, 0.6) is 0 Å². The van der Waals surface area contributed by atoms with E-state index in [4.69, 9.17) is 21.7 Å². The Morgan fingerprint density at radius 2 is 1.46 bits per heavy atom. The molecule has 4 atom stereocenters. The predicted molar refractivity (Wildman–Crippen MR) is 153 cm³/mol. The highest BCUT2D eigenvalue weighted by Gasteiger charge is 2.35. The zero-order valence-corrected chi connectivity index (χ0v) is 24.6. The summed E-state index contributed by atoms with van der Waals surface area (Å²) in [4.78, 5) is 88.4. The number of nitrogens with two attached hydrogens (primary N) is 2. The number of carbonyl (C=O) groups excluding carboxylic acids is 5. The summed E-state index contributed by atoms with van der Waals surface area (Å²) in [6.45, 7) is 3.74. The van der Waals surface area contributed by atoms with E-state index in [9.17, 15) is 33.6 Å². The summed E-state index contributed by atoms with van der Waals surface area (Å²) in [6.07, 6.45) is -0.633. The highest BCUT2D eigenvalue weighted by atomic mass is 32.1. The molecule has 0 heterocycles. The van der Waals surface area contributed by atoms with E-state index in [0.717, 1.165) is 0 Å². The van der Waals surface area contributed by atoms with Crippen LogP contribution in [0.1, 0.15) is 40.0 Å². The molecule has 17 nitrogen and oxygen atoms in total. The van der Waals surface area contributed by atoms with Gasteiger partial charge in [0.25, 0.3) is 0 Å². The molecule has 5 amide bonds. The molecule has 0 aliphatic rings. The Labute approximate surface area is 247 Å². The van der Waals surface area contributed by atoms with Gasteiger partial charge in [0.05, 0.1) is 13.0 Å². The summed E-state index contributed by atoms with van der Waals surface area (Å²) in [5.41, 5.74) is 10.6. The van der Waals surface area contributed by atoms with Crippen LogP contribution in [-0.2, 0) is 33.6 Å². The first-order valence-electron chi connectivity index (χ1n) is 12.2. The lowest BCUT2D eigenvalue weighted by molar-refractivity contribution is -0.143. The van der Waals surface area contributed by atoms with Gasteiger partial charge in [0.2, 0.25) is 29.5 Å². The van der Waals surface area contributed by atoms with Crippen LogP contribution >= 0.6 is 25.3 Å². The molecule has 0 unspecified atom stereocenters. The first-order chi connectivity index (χ1) is 18.9. The maximum Gasteiger partial charge on any atom is 0.327 e. The second-order valence-corrected chi connectivity index (χ2v) is 10.8. The Hall–Kier alpha value is -3.74. The number of hydrogen-bond acceptors (Lipinski definition) is 10. The Kier molecular flexibility index (Phi) is 16.2. The number of carboxylic acids is 2. The first kappa shape index (κ1) is 37.3. The summed E-state index contributed by atoms with van der Waals surface area (Å²) in [5.74, 6) is -7.49. The first-order valence-corrected chi connectivity index (χ1v) is 13.2. The minimum absolute atomic E-state index is 0.0140. The third-order valence-corrected chi connectivity index (χ3v) is 5.77. The van der Waals surface area contributed by atoms with Crippen LogP contribution < -0.4 is 38.1 Å². The van der Waals surface area contributed by atoms with Crippen molar-refractivity contribution in [2.45, 2.75) is 68.9 Å². The van der Waals surface area contributed by atoms with Gasteiger partial charge in [0.1, 0.15) is 24.2 Å². The zero-order chi connectivity index (χ0) is 31.9. The van der Waals surface area contributed by atoms with Gasteiger partial charge in [-0.05, 0) is 26.7 Å². The summed E-state index contributed by atoms with van der Waals surface area (Å²) >= 11 is 8.14. The predicted octanol–water partition coefficient (Wildman–Crippen LogP) is -3.69. The normalized spacial score (nSPS) is 13.8. The lowest BCUT2D eigenvalue weighted by atomic mass is 10.0. The van der Waals surface area contributed by atoms with Crippen molar-refractivity contribution in [1.29, 1.82) is 0 Å². The molecule has 0 bridgehead atoms. The monoisotopic (exact) mass is 622 g/mol. The molecule has 0 aromatic carbocycles. The third-order valence-electron chi connectivity index (χ3n) is 5.15. The van der Waals surface area contributed by atoms with E-state index >= 15 is 0 Å². The van der Waals surface area contributed by atoms with Gasteiger partial charge in [-0.25, -0.2) is 4.79 Å². The highest BCUT2D eigenvalue weighted by Crippen LogP contribution is 2.18. The fourth-order valence-corrected chi connectivity index (χ4v) is 3.60. The van der Waals surface area contributed by atoms with Gasteiger partial charge in [-0.3, -0.25) is 33.8 Å². The van der Waals surface area contributed by atoms with Crippen molar-refractivity contribution < 1.29 is 43.8 Å². The van der Waals surface area contributed by atoms with Crippen LogP contribution in [0.15, 0.2) is 4.99 Å². The van der Waals surface area contributed by atoms with Gasteiger partial charge < -0.3 is 48.3 Å². The van der Waals surface area contributed by atoms with Crippen molar-refractivity contribution in [1.82, 2.24) is 26.6 Å². The Morgan fingerprint density at radius 1 is 0.878 bits per heavy atom. The minimum Gasteiger partial charge on any atom is -0.481 e. The number of carbonyl (C=O) groups is 7. The largest absolute Gasteiger partial charge is 0.481 e. The molecule has 0 spiro atoms. The lowest BCUT2D eigenvalue weighted by Gasteiger charge is -2.30. The van der Waals surface area contributed by atoms with Crippen molar-refractivity contribution in [2.24, 2.45) is 16.5 Å². The molecule has 0 aliphatic carbocycles. The van der Waals surface area contributed by atoms with E-state index in [1.54, 1.807) is 13.8 Å². The van der Waals surface area contributed by atoms with Crippen LogP contribution in [0.25, 0.3) is 0 Å². The number of nitrogens with one attached hydrogen (secondary N) is 5. The van der Waals surface area contributed by atoms with E-state index in [1.807, 2.05) is 0 Å². The van der Waals surface area contributed by atoms with Crippen LogP contribution in [0, 0.1) is 0 Å². The number of thiol groups is 2. The third kappa shape index (κ3) is 15.6. The SMILES string of the molecule is CC(=O)N[C@H](C(=O)N[C@@H](CCCN=C(N)N)C(=O)NCC(=O)N[C@@H](CC(=O)O)C(=O)N[C@@H](CS)C(=O)O)C(C)(C)S. The van der Waals surface area contributed by atoms with Gasteiger partial charge >= 0.3 is 11.9 Å². The number of nitrogens with zero attached hydrogens (tertiary/aromatic N) is 1. The number of hydrogen-bond donors (Lipinski definition) is 11.